The molecule has 1 amide bonds. The molecule has 1 unspecified atom stereocenters. The van der Waals surface area contributed by atoms with E-state index in [1.54, 1.807) is 25.4 Å². The summed E-state index contributed by atoms with van der Waals surface area (Å²) in [5.41, 5.74) is 2.76. The number of hydrogen-bond donors (Lipinski definition) is 0. The third-order valence-corrected chi connectivity index (χ3v) is 4.80. The topological polar surface area (TPSA) is 42.4 Å². The fraction of sp³-hybridized carbons (Fsp3) is 0.250. The second-order valence-corrected chi connectivity index (χ2v) is 6.85. The summed E-state index contributed by atoms with van der Waals surface area (Å²) < 4.78 is 18.6. The molecule has 0 aliphatic carbocycles. The van der Waals surface area contributed by atoms with Gasteiger partial charge >= 0.3 is 0 Å². The molecule has 0 N–H and O–H groups in total. The van der Waals surface area contributed by atoms with Crippen LogP contribution in [0.1, 0.15) is 29.3 Å². The number of aromatic nitrogens is 1. The lowest BCUT2D eigenvalue weighted by Crippen LogP contribution is -2.37. The number of carbonyl (C=O) groups excluding carboxylic acids is 1. The Labute approximate surface area is 171 Å². The molecule has 29 heavy (non-hydrogen) atoms. The molecule has 0 aliphatic rings. The number of pyridine rings is 1. The van der Waals surface area contributed by atoms with Gasteiger partial charge in [-0.15, -0.1) is 0 Å². The van der Waals surface area contributed by atoms with E-state index in [0.29, 0.717) is 26.0 Å². The third-order valence-electron chi connectivity index (χ3n) is 4.80. The van der Waals surface area contributed by atoms with E-state index in [1.807, 2.05) is 53.4 Å². The van der Waals surface area contributed by atoms with Crippen molar-refractivity contribution in [3.63, 3.8) is 0 Å². The summed E-state index contributed by atoms with van der Waals surface area (Å²) in [5, 5.41) is 0. The molecule has 0 bridgehead atoms. The molecule has 0 spiro atoms. The summed E-state index contributed by atoms with van der Waals surface area (Å²) in [7, 11) is 1.64. The van der Waals surface area contributed by atoms with Crippen molar-refractivity contribution in [3.8, 4) is 0 Å². The Balaban J connectivity index is 1.82. The van der Waals surface area contributed by atoms with Crippen LogP contribution in [0.25, 0.3) is 0 Å². The van der Waals surface area contributed by atoms with Gasteiger partial charge in [0.2, 0.25) is 5.91 Å². The minimum atomic E-state index is -0.277. The number of nitrogens with zero attached hydrogens (tertiary/aromatic N) is 2. The van der Waals surface area contributed by atoms with Gasteiger partial charge in [-0.1, -0.05) is 48.5 Å². The van der Waals surface area contributed by atoms with Gasteiger partial charge in [0.15, 0.2) is 0 Å². The molecular formula is C24H25FN2O2. The van der Waals surface area contributed by atoms with Crippen LogP contribution in [0.2, 0.25) is 0 Å². The standard InChI is InChI=1S/C24H25FN2O2/c1-29-18-23(20-7-3-2-4-8-20)27(17-22-9-5-6-16-26-22)24(28)15-12-19-10-13-21(25)14-11-19/h2-11,13-14,16,23H,12,15,17-18H2,1H3. The van der Waals surface area contributed by atoms with E-state index in [4.69, 9.17) is 4.74 Å². The van der Waals surface area contributed by atoms with Gasteiger partial charge < -0.3 is 9.64 Å². The van der Waals surface area contributed by atoms with Crippen LogP contribution in [-0.2, 0) is 22.5 Å². The molecule has 0 aliphatic heterocycles. The molecule has 1 heterocycles. The molecule has 0 radical (unpaired) electrons. The highest BCUT2D eigenvalue weighted by atomic mass is 19.1. The molecule has 150 valence electrons. The lowest BCUT2D eigenvalue weighted by molar-refractivity contribution is -0.135. The van der Waals surface area contributed by atoms with Crippen molar-refractivity contribution >= 4 is 5.91 Å². The minimum Gasteiger partial charge on any atom is -0.382 e. The van der Waals surface area contributed by atoms with Crippen molar-refractivity contribution in [2.75, 3.05) is 13.7 Å². The second-order valence-electron chi connectivity index (χ2n) is 6.85. The number of carbonyl (C=O) groups is 1. The maximum atomic E-state index is 13.2. The predicted molar refractivity (Wildman–Crippen MR) is 111 cm³/mol. The largest absolute Gasteiger partial charge is 0.382 e. The molecule has 4 nitrogen and oxygen atoms in total. The van der Waals surface area contributed by atoms with Gasteiger partial charge in [0, 0.05) is 19.7 Å². The Hall–Kier alpha value is -3.05. The summed E-state index contributed by atoms with van der Waals surface area (Å²) in [6.45, 7) is 0.783. The van der Waals surface area contributed by atoms with Crippen LogP contribution >= 0.6 is 0 Å². The summed E-state index contributed by atoms with van der Waals surface area (Å²) >= 11 is 0. The monoisotopic (exact) mass is 392 g/mol. The molecule has 3 rings (SSSR count). The first-order valence-corrected chi connectivity index (χ1v) is 9.65. The average Bonchev–Trinajstić information content (AvgIpc) is 2.77. The fourth-order valence-electron chi connectivity index (χ4n) is 3.28. The minimum absolute atomic E-state index is 0.00545. The zero-order chi connectivity index (χ0) is 20.5. The van der Waals surface area contributed by atoms with Gasteiger partial charge in [-0.05, 0) is 41.8 Å². The first kappa shape index (κ1) is 20.7. The highest BCUT2D eigenvalue weighted by molar-refractivity contribution is 5.77. The third kappa shape index (κ3) is 5.96. The molecule has 0 saturated heterocycles. The van der Waals surface area contributed by atoms with Crippen molar-refractivity contribution in [1.29, 1.82) is 0 Å². The second kappa shape index (κ2) is 10.5. The molecule has 1 aromatic heterocycles. The van der Waals surface area contributed by atoms with Gasteiger partial charge in [0.1, 0.15) is 5.82 Å². The van der Waals surface area contributed by atoms with Crippen molar-refractivity contribution in [3.05, 3.63) is 102 Å². The SMILES string of the molecule is COCC(c1ccccc1)N(Cc1ccccn1)C(=O)CCc1ccc(F)cc1. The van der Waals surface area contributed by atoms with Gasteiger partial charge in [0.05, 0.1) is 24.9 Å². The van der Waals surface area contributed by atoms with E-state index in [-0.39, 0.29) is 17.8 Å². The number of benzene rings is 2. The highest BCUT2D eigenvalue weighted by Crippen LogP contribution is 2.24. The molecule has 3 aromatic rings. The average molecular weight is 392 g/mol. The molecule has 1 atom stereocenters. The quantitative estimate of drug-likeness (QED) is 0.536. The number of hydrogen-bond acceptors (Lipinski definition) is 3. The van der Waals surface area contributed by atoms with E-state index < -0.39 is 0 Å². The maximum Gasteiger partial charge on any atom is 0.223 e. The Morgan fingerprint density at radius 1 is 1.03 bits per heavy atom. The summed E-state index contributed by atoms with van der Waals surface area (Å²) in [6.07, 6.45) is 2.60. The Kier molecular flexibility index (Phi) is 7.47. The highest BCUT2D eigenvalue weighted by Gasteiger charge is 2.25. The van der Waals surface area contributed by atoms with E-state index >= 15 is 0 Å². The van der Waals surface area contributed by atoms with E-state index in [1.165, 1.54) is 12.1 Å². The van der Waals surface area contributed by atoms with Crippen LogP contribution in [0.3, 0.4) is 0 Å². The Morgan fingerprint density at radius 3 is 2.41 bits per heavy atom. The summed E-state index contributed by atoms with van der Waals surface area (Å²) in [6, 6.07) is 21.6. The number of amides is 1. The number of rotatable bonds is 9. The fourth-order valence-corrected chi connectivity index (χ4v) is 3.28. The van der Waals surface area contributed by atoms with E-state index in [9.17, 15) is 9.18 Å². The Bertz CT molecular complexity index is 886. The molecule has 0 fully saturated rings. The number of methoxy groups -OCH3 is 1. The van der Waals surface area contributed by atoms with Gasteiger partial charge in [-0.3, -0.25) is 9.78 Å². The smallest absolute Gasteiger partial charge is 0.223 e. The first-order chi connectivity index (χ1) is 14.2. The van der Waals surface area contributed by atoms with Gasteiger partial charge in [-0.2, -0.15) is 0 Å². The number of aryl methyl sites for hydroxylation is 1. The molecular weight excluding hydrogens is 367 g/mol. The van der Waals surface area contributed by atoms with Crippen molar-refractivity contribution < 1.29 is 13.9 Å². The van der Waals surface area contributed by atoms with Crippen LogP contribution in [-0.4, -0.2) is 29.5 Å². The van der Waals surface area contributed by atoms with Crippen LogP contribution in [0, 0.1) is 5.82 Å². The number of ether oxygens (including phenoxy) is 1. The van der Waals surface area contributed by atoms with E-state index in [2.05, 4.69) is 4.98 Å². The predicted octanol–water partition coefficient (Wildman–Crippen LogP) is 4.57. The van der Waals surface area contributed by atoms with E-state index in [0.717, 1.165) is 16.8 Å². The normalized spacial score (nSPS) is 11.8. The maximum absolute atomic E-state index is 13.2. The lowest BCUT2D eigenvalue weighted by Gasteiger charge is -2.32. The van der Waals surface area contributed by atoms with Gasteiger partial charge in [0.25, 0.3) is 0 Å². The van der Waals surface area contributed by atoms with Crippen LogP contribution < -0.4 is 0 Å². The van der Waals surface area contributed by atoms with Gasteiger partial charge in [-0.25, -0.2) is 4.39 Å². The number of halogens is 1. The molecule has 2 aromatic carbocycles. The lowest BCUT2D eigenvalue weighted by atomic mass is 10.0. The van der Waals surface area contributed by atoms with Crippen LogP contribution in [0.5, 0.6) is 0 Å². The van der Waals surface area contributed by atoms with Crippen molar-refractivity contribution in [1.82, 2.24) is 9.88 Å². The zero-order valence-corrected chi connectivity index (χ0v) is 16.5. The summed E-state index contributed by atoms with van der Waals surface area (Å²) in [4.78, 5) is 19.5. The summed E-state index contributed by atoms with van der Waals surface area (Å²) in [5.74, 6) is -0.271. The Morgan fingerprint density at radius 2 is 1.76 bits per heavy atom. The molecule has 5 heteroatoms. The van der Waals surface area contributed by atoms with Crippen molar-refractivity contribution in [2.24, 2.45) is 0 Å². The van der Waals surface area contributed by atoms with Crippen molar-refractivity contribution in [2.45, 2.75) is 25.4 Å². The molecule has 0 saturated carbocycles. The first-order valence-electron chi connectivity index (χ1n) is 9.65. The zero-order valence-electron chi connectivity index (χ0n) is 16.5. The van der Waals surface area contributed by atoms with Crippen LogP contribution in [0.4, 0.5) is 4.39 Å². The van der Waals surface area contributed by atoms with Crippen LogP contribution in [0.15, 0.2) is 79.0 Å².